The molecule has 0 bridgehead atoms. The van der Waals surface area contributed by atoms with Crippen LogP contribution in [0.25, 0.3) is 0 Å². The summed E-state index contributed by atoms with van der Waals surface area (Å²) in [6.45, 7) is 0.295. The van der Waals surface area contributed by atoms with Gasteiger partial charge in [0.05, 0.1) is 26.4 Å². The Bertz CT molecular complexity index is 95.3. The Morgan fingerprint density at radius 1 is 1.00 bits per heavy atom. The summed E-state index contributed by atoms with van der Waals surface area (Å²) < 4.78 is 0. The second-order valence-electron chi connectivity index (χ2n) is 1.90. The molecule has 5 N–H and O–H groups in total. The van der Waals surface area contributed by atoms with E-state index >= 15 is 0 Å². The molecular weight excluding hydrogens is 197 g/mol. The van der Waals surface area contributed by atoms with E-state index in [2.05, 4.69) is 0 Å². The van der Waals surface area contributed by atoms with Crippen LogP contribution in [0.4, 0.5) is 0 Å². The van der Waals surface area contributed by atoms with Gasteiger partial charge < -0.3 is 25.3 Å². The Balaban J connectivity index is 0. The van der Waals surface area contributed by atoms with Gasteiger partial charge in [0, 0.05) is 7.05 Å². The SMILES string of the molecule is CN(OCCO)OCCO.OB(O)O. The van der Waals surface area contributed by atoms with Gasteiger partial charge in [0.25, 0.3) is 0 Å². The van der Waals surface area contributed by atoms with E-state index in [-0.39, 0.29) is 26.4 Å². The molecule has 0 amide bonds. The maximum absolute atomic E-state index is 8.28. The molecule has 0 rings (SSSR count). The minimum Gasteiger partial charge on any atom is -0.402 e. The highest BCUT2D eigenvalue weighted by molar-refractivity contribution is 6.30. The van der Waals surface area contributed by atoms with Crippen LogP contribution in [0, 0.1) is 0 Å². The average Bonchev–Trinajstić information content (AvgIpc) is 2.10. The summed E-state index contributed by atoms with van der Waals surface area (Å²) in [5, 5.41) is 39.2. The zero-order valence-corrected chi connectivity index (χ0v) is 7.91. The van der Waals surface area contributed by atoms with Crippen molar-refractivity contribution in [1.29, 1.82) is 0 Å². The summed E-state index contributed by atoms with van der Waals surface area (Å²) in [4.78, 5) is 9.49. The molecule has 14 heavy (non-hydrogen) atoms. The van der Waals surface area contributed by atoms with E-state index in [0.29, 0.717) is 0 Å². The van der Waals surface area contributed by atoms with Crippen LogP contribution in [-0.2, 0) is 9.68 Å². The van der Waals surface area contributed by atoms with E-state index < -0.39 is 7.32 Å². The number of aliphatic hydroxyl groups is 2. The normalized spacial score (nSPS) is 9.64. The molecule has 0 radical (unpaired) electrons. The van der Waals surface area contributed by atoms with E-state index in [0.717, 1.165) is 5.23 Å². The third-order valence-electron chi connectivity index (χ3n) is 0.729. The number of aliphatic hydroxyl groups excluding tert-OH is 2. The summed E-state index contributed by atoms with van der Waals surface area (Å²) >= 11 is 0. The van der Waals surface area contributed by atoms with Crippen molar-refractivity contribution in [3.8, 4) is 0 Å². The summed E-state index contributed by atoms with van der Waals surface area (Å²) in [5.74, 6) is 0. The molecule has 0 aromatic heterocycles. The highest BCUT2D eigenvalue weighted by Crippen LogP contribution is 1.85. The predicted molar refractivity (Wildman–Crippen MR) is 46.2 cm³/mol. The Hall–Kier alpha value is -0.255. The Kier molecular flexibility index (Phi) is 14.7. The number of rotatable bonds is 6. The molecular formula is C5H16BNO7. The van der Waals surface area contributed by atoms with E-state index in [9.17, 15) is 0 Å². The summed E-state index contributed by atoms with van der Waals surface area (Å²) in [5.41, 5.74) is 0. The Labute approximate surface area is 82.0 Å². The molecule has 0 unspecified atom stereocenters. The zero-order chi connectivity index (χ0) is 11.4. The summed E-state index contributed by atoms with van der Waals surface area (Å²) in [6.07, 6.45) is 0. The van der Waals surface area contributed by atoms with Crippen molar-refractivity contribution < 1.29 is 35.0 Å². The molecule has 8 nitrogen and oxygen atoms in total. The second kappa shape index (κ2) is 12.7. The van der Waals surface area contributed by atoms with Crippen LogP contribution in [0.5, 0.6) is 0 Å². The lowest BCUT2D eigenvalue weighted by Crippen LogP contribution is -2.22. The summed E-state index contributed by atoms with van der Waals surface area (Å²) in [7, 11) is -0.620. The first-order chi connectivity index (χ1) is 6.54. The molecule has 0 atom stereocenters. The van der Waals surface area contributed by atoms with Gasteiger partial charge in [0.1, 0.15) is 0 Å². The zero-order valence-electron chi connectivity index (χ0n) is 7.91. The van der Waals surface area contributed by atoms with Crippen molar-refractivity contribution in [3.05, 3.63) is 0 Å². The maximum Gasteiger partial charge on any atom is 0.631 e. The predicted octanol–water partition coefficient (Wildman–Crippen LogP) is -3.29. The van der Waals surface area contributed by atoms with E-state index in [1.807, 2.05) is 0 Å². The van der Waals surface area contributed by atoms with Gasteiger partial charge in [-0.25, -0.2) is 0 Å². The average molecular weight is 213 g/mol. The molecule has 0 aliphatic heterocycles. The fourth-order valence-corrected chi connectivity index (χ4v) is 0.376. The first-order valence-corrected chi connectivity index (χ1v) is 3.80. The highest BCUT2D eigenvalue weighted by Gasteiger charge is 1.95. The van der Waals surface area contributed by atoms with Crippen LogP contribution < -0.4 is 0 Å². The van der Waals surface area contributed by atoms with Gasteiger partial charge in [-0.05, 0) is 0 Å². The van der Waals surface area contributed by atoms with Gasteiger partial charge in [-0.15, -0.1) is 0 Å². The van der Waals surface area contributed by atoms with Crippen molar-refractivity contribution in [2.45, 2.75) is 0 Å². The third kappa shape index (κ3) is 22.6. The number of nitrogens with zero attached hydrogens (tertiary/aromatic N) is 1. The molecule has 0 fully saturated rings. The van der Waals surface area contributed by atoms with Crippen LogP contribution in [-0.4, -0.2) is 71.3 Å². The fourth-order valence-electron chi connectivity index (χ4n) is 0.376. The highest BCUT2D eigenvalue weighted by atomic mass is 16.9. The van der Waals surface area contributed by atoms with Crippen LogP contribution in [0.15, 0.2) is 0 Å². The van der Waals surface area contributed by atoms with Crippen molar-refractivity contribution in [2.24, 2.45) is 0 Å². The molecule has 86 valence electrons. The quantitative estimate of drug-likeness (QED) is 0.230. The number of hydrogen-bond donors (Lipinski definition) is 5. The topological polar surface area (TPSA) is 123 Å². The van der Waals surface area contributed by atoms with Crippen LogP contribution in [0.3, 0.4) is 0 Å². The van der Waals surface area contributed by atoms with Crippen molar-refractivity contribution >= 4 is 7.32 Å². The largest absolute Gasteiger partial charge is 0.631 e. The van der Waals surface area contributed by atoms with Crippen molar-refractivity contribution in [3.63, 3.8) is 0 Å². The fraction of sp³-hybridized carbons (Fsp3) is 1.00. The van der Waals surface area contributed by atoms with E-state index in [1.165, 1.54) is 0 Å². The lowest BCUT2D eigenvalue weighted by atomic mass is 10.3. The van der Waals surface area contributed by atoms with E-state index in [4.69, 9.17) is 35.0 Å². The molecule has 0 heterocycles. The molecule has 0 saturated heterocycles. The van der Waals surface area contributed by atoms with Crippen molar-refractivity contribution in [1.82, 2.24) is 5.23 Å². The summed E-state index contributed by atoms with van der Waals surface area (Å²) in [6, 6.07) is 0. The third-order valence-corrected chi connectivity index (χ3v) is 0.729. The van der Waals surface area contributed by atoms with Gasteiger partial charge in [0.15, 0.2) is 0 Å². The van der Waals surface area contributed by atoms with E-state index in [1.54, 1.807) is 7.05 Å². The molecule has 0 aliphatic carbocycles. The van der Waals surface area contributed by atoms with Crippen LogP contribution in [0.1, 0.15) is 0 Å². The first kappa shape index (κ1) is 16.2. The minimum atomic E-state index is -2.17. The lowest BCUT2D eigenvalue weighted by molar-refractivity contribution is -0.356. The van der Waals surface area contributed by atoms with Gasteiger partial charge >= 0.3 is 7.32 Å². The minimum absolute atomic E-state index is 0.0488. The van der Waals surface area contributed by atoms with Gasteiger partial charge in [-0.3, -0.25) is 9.68 Å². The lowest BCUT2D eigenvalue weighted by Gasteiger charge is -2.13. The Morgan fingerprint density at radius 3 is 1.50 bits per heavy atom. The molecule has 0 saturated carbocycles. The first-order valence-electron chi connectivity index (χ1n) is 3.80. The smallest absolute Gasteiger partial charge is 0.402 e. The standard InChI is InChI=1S/C5H13NO4.BH3O3/c1-6(9-4-2-7)10-5-3-8;2-1(3)4/h7-8H,2-5H2,1H3;2-4H. The number of hydrogen-bond acceptors (Lipinski definition) is 8. The maximum atomic E-state index is 8.28. The molecule has 0 aliphatic rings. The van der Waals surface area contributed by atoms with Gasteiger partial charge in [0.2, 0.25) is 0 Å². The monoisotopic (exact) mass is 213 g/mol. The molecule has 9 heteroatoms. The number of hydroxylamine groups is 2. The van der Waals surface area contributed by atoms with Gasteiger partial charge in [-0.2, -0.15) is 0 Å². The van der Waals surface area contributed by atoms with Crippen LogP contribution >= 0.6 is 0 Å². The Morgan fingerprint density at radius 2 is 1.29 bits per heavy atom. The molecule has 0 aromatic rings. The van der Waals surface area contributed by atoms with Crippen LogP contribution in [0.2, 0.25) is 0 Å². The molecule has 0 spiro atoms. The van der Waals surface area contributed by atoms with Gasteiger partial charge in [-0.1, -0.05) is 5.23 Å². The molecule has 0 aromatic carbocycles. The van der Waals surface area contributed by atoms with Crippen molar-refractivity contribution in [2.75, 3.05) is 33.5 Å². The second-order valence-corrected chi connectivity index (χ2v) is 1.90.